The van der Waals surface area contributed by atoms with E-state index in [4.69, 9.17) is 9.84 Å². The van der Waals surface area contributed by atoms with Crippen LogP contribution in [0.4, 0.5) is 0 Å². The molecule has 0 atom stereocenters. The van der Waals surface area contributed by atoms with Crippen molar-refractivity contribution in [1.29, 1.82) is 0 Å². The molecule has 70 valence electrons. The Morgan fingerprint density at radius 3 is 2.54 bits per heavy atom. The van der Waals surface area contributed by atoms with E-state index in [1.54, 1.807) is 0 Å². The number of aliphatic hydroxyl groups is 1. The average molecular weight is 178 g/mol. The van der Waals surface area contributed by atoms with Crippen molar-refractivity contribution in [3.63, 3.8) is 0 Å². The van der Waals surface area contributed by atoms with E-state index in [1.807, 2.05) is 31.2 Å². The molecule has 1 aromatic carbocycles. The molecule has 0 fully saturated rings. The van der Waals surface area contributed by atoms with Crippen molar-refractivity contribution in [1.82, 2.24) is 0 Å². The lowest BCUT2D eigenvalue weighted by atomic mass is 10.1. The topological polar surface area (TPSA) is 29.5 Å². The van der Waals surface area contributed by atoms with Crippen LogP contribution < -0.4 is 0 Å². The van der Waals surface area contributed by atoms with E-state index >= 15 is 0 Å². The van der Waals surface area contributed by atoms with E-state index in [9.17, 15) is 0 Å². The maximum absolute atomic E-state index is 8.54. The van der Waals surface area contributed by atoms with Gasteiger partial charge in [0.1, 0.15) is 12.4 Å². The summed E-state index contributed by atoms with van der Waals surface area (Å²) in [6.07, 6.45) is 0. The zero-order valence-corrected chi connectivity index (χ0v) is 7.79. The number of rotatable bonds is 4. The molecule has 0 unspecified atom stereocenters. The zero-order chi connectivity index (χ0) is 9.68. The summed E-state index contributed by atoms with van der Waals surface area (Å²) in [6, 6.07) is 7.91. The van der Waals surface area contributed by atoms with Gasteiger partial charge < -0.3 is 9.84 Å². The second-order valence-corrected chi connectivity index (χ2v) is 2.86. The highest BCUT2D eigenvalue weighted by molar-refractivity contribution is 5.57. The Hall–Kier alpha value is -1.28. The van der Waals surface area contributed by atoms with Crippen LogP contribution in [0.25, 0.3) is 5.76 Å². The molecule has 2 nitrogen and oxygen atoms in total. The number of aliphatic hydroxyl groups excluding tert-OH is 1. The third-order valence-electron chi connectivity index (χ3n) is 1.74. The van der Waals surface area contributed by atoms with E-state index in [2.05, 4.69) is 6.58 Å². The first kappa shape index (κ1) is 9.81. The fourth-order valence-electron chi connectivity index (χ4n) is 0.992. The second-order valence-electron chi connectivity index (χ2n) is 2.86. The Kier molecular flexibility index (Phi) is 3.53. The highest BCUT2D eigenvalue weighted by atomic mass is 16.5. The maximum Gasteiger partial charge on any atom is 0.119 e. The van der Waals surface area contributed by atoms with E-state index in [1.165, 1.54) is 5.56 Å². The number of aryl methyl sites for hydroxylation is 1. The molecule has 1 aromatic rings. The SMILES string of the molecule is C=C(OCCO)c1ccc(C)cc1. The molecule has 0 saturated heterocycles. The molecule has 2 heteroatoms. The third kappa shape index (κ3) is 2.92. The largest absolute Gasteiger partial charge is 0.491 e. The Balaban J connectivity index is 2.61. The van der Waals surface area contributed by atoms with Crippen LogP contribution in [0.15, 0.2) is 30.8 Å². The van der Waals surface area contributed by atoms with Gasteiger partial charge in [-0.25, -0.2) is 0 Å². The average Bonchev–Trinajstić information content (AvgIpc) is 2.15. The van der Waals surface area contributed by atoms with Gasteiger partial charge in [-0.2, -0.15) is 0 Å². The molecule has 0 aliphatic heterocycles. The van der Waals surface area contributed by atoms with Gasteiger partial charge in [0.25, 0.3) is 0 Å². The molecule has 0 aliphatic carbocycles. The fraction of sp³-hybridized carbons (Fsp3) is 0.273. The van der Waals surface area contributed by atoms with Crippen molar-refractivity contribution < 1.29 is 9.84 Å². The molecule has 0 spiro atoms. The molecule has 13 heavy (non-hydrogen) atoms. The first-order valence-corrected chi connectivity index (χ1v) is 4.23. The van der Waals surface area contributed by atoms with Crippen molar-refractivity contribution in [2.75, 3.05) is 13.2 Å². The van der Waals surface area contributed by atoms with E-state index in [0.29, 0.717) is 12.4 Å². The van der Waals surface area contributed by atoms with Crippen LogP contribution in [0.1, 0.15) is 11.1 Å². The van der Waals surface area contributed by atoms with Crippen LogP contribution in [-0.2, 0) is 4.74 Å². The van der Waals surface area contributed by atoms with Crippen LogP contribution in [0.5, 0.6) is 0 Å². The minimum atomic E-state index is 0.0187. The van der Waals surface area contributed by atoms with Crippen LogP contribution in [0.3, 0.4) is 0 Å². The van der Waals surface area contributed by atoms with Crippen molar-refractivity contribution in [3.8, 4) is 0 Å². The molecular formula is C11H14O2. The summed E-state index contributed by atoms with van der Waals surface area (Å²) >= 11 is 0. The lowest BCUT2D eigenvalue weighted by molar-refractivity contribution is 0.181. The van der Waals surface area contributed by atoms with Gasteiger partial charge >= 0.3 is 0 Å². The van der Waals surface area contributed by atoms with Gasteiger partial charge in [0, 0.05) is 5.56 Å². The molecule has 0 radical (unpaired) electrons. The standard InChI is InChI=1S/C11H14O2/c1-9-3-5-11(6-4-9)10(2)13-8-7-12/h3-6,12H,2,7-8H2,1H3. The molecule has 0 aromatic heterocycles. The summed E-state index contributed by atoms with van der Waals surface area (Å²) in [5.41, 5.74) is 2.16. The van der Waals surface area contributed by atoms with Crippen LogP contribution >= 0.6 is 0 Å². The first-order chi connectivity index (χ1) is 6.24. The predicted molar refractivity (Wildman–Crippen MR) is 53.3 cm³/mol. The van der Waals surface area contributed by atoms with Crippen LogP contribution in [-0.4, -0.2) is 18.3 Å². The van der Waals surface area contributed by atoms with Gasteiger partial charge in [0.15, 0.2) is 0 Å². The van der Waals surface area contributed by atoms with Crippen LogP contribution in [0.2, 0.25) is 0 Å². The molecule has 0 amide bonds. The number of benzene rings is 1. The smallest absolute Gasteiger partial charge is 0.119 e. The maximum atomic E-state index is 8.54. The monoisotopic (exact) mass is 178 g/mol. The van der Waals surface area contributed by atoms with Crippen molar-refractivity contribution >= 4 is 5.76 Å². The summed E-state index contributed by atoms with van der Waals surface area (Å²) in [7, 11) is 0. The Bertz CT molecular complexity index is 275. The highest BCUT2D eigenvalue weighted by Gasteiger charge is 1.97. The number of hydrogen-bond donors (Lipinski definition) is 1. The summed E-state index contributed by atoms with van der Waals surface area (Å²) in [5.74, 6) is 0.606. The molecular weight excluding hydrogens is 164 g/mol. The van der Waals surface area contributed by atoms with Gasteiger partial charge in [-0.3, -0.25) is 0 Å². The Morgan fingerprint density at radius 2 is 2.00 bits per heavy atom. The first-order valence-electron chi connectivity index (χ1n) is 4.23. The fourth-order valence-corrected chi connectivity index (χ4v) is 0.992. The quantitative estimate of drug-likeness (QED) is 0.714. The lowest BCUT2D eigenvalue weighted by Crippen LogP contribution is -1.97. The minimum Gasteiger partial charge on any atom is -0.491 e. The molecule has 0 bridgehead atoms. The van der Waals surface area contributed by atoms with E-state index in [0.717, 1.165) is 5.56 Å². The van der Waals surface area contributed by atoms with Crippen molar-refractivity contribution in [2.45, 2.75) is 6.92 Å². The summed E-state index contributed by atoms with van der Waals surface area (Å²) in [4.78, 5) is 0. The summed E-state index contributed by atoms with van der Waals surface area (Å²) < 4.78 is 5.17. The van der Waals surface area contributed by atoms with Crippen molar-refractivity contribution in [2.24, 2.45) is 0 Å². The molecule has 1 N–H and O–H groups in total. The lowest BCUT2D eigenvalue weighted by Gasteiger charge is -2.07. The summed E-state index contributed by atoms with van der Waals surface area (Å²) in [5, 5.41) is 8.54. The Morgan fingerprint density at radius 1 is 1.38 bits per heavy atom. The minimum absolute atomic E-state index is 0.0187. The van der Waals surface area contributed by atoms with Gasteiger partial charge in [0.05, 0.1) is 6.61 Å². The third-order valence-corrected chi connectivity index (χ3v) is 1.74. The number of hydrogen-bond acceptors (Lipinski definition) is 2. The predicted octanol–water partition coefficient (Wildman–Crippen LogP) is 1.97. The van der Waals surface area contributed by atoms with Gasteiger partial charge in [-0.1, -0.05) is 36.4 Å². The normalized spacial score (nSPS) is 9.69. The Labute approximate surface area is 78.5 Å². The van der Waals surface area contributed by atoms with Gasteiger partial charge in [-0.05, 0) is 6.92 Å². The number of ether oxygens (including phenoxy) is 1. The van der Waals surface area contributed by atoms with Crippen molar-refractivity contribution in [3.05, 3.63) is 42.0 Å². The van der Waals surface area contributed by atoms with E-state index < -0.39 is 0 Å². The zero-order valence-electron chi connectivity index (χ0n) is 7.79. The molecule has 0 saturated carbocycles. The second kappa shape index (κ2) is 4.67. The molecule has 0 aliphatic rings. The van der Waals surface area contributed by atoms with Crippen LogP contribution in [0, 0.1) is 6.92 Å². The molecule has 0 heterocycles. The van der Waals surface area contributed by atoms with E-state index in [-0.39, 0.29) is 6.61 Å². The summed E-state index contributed by atoms with van der Waals surface area (Å²) in [6.45, 7) is 6.10. The highest BCUT2D eigenvalue weighted by Crippen LogP contribution is 2.13. The van der Waals surface area contributed by atoms with Gasteiger partial charge in [-0.15, -0.1) is 0 Å². The molecule has 1 rings (SSSR count). The van der Waals surface area contributed by atoms with Gasteiger partial charge in [0.2, 0.25) is 0 Å².